The summed E-state index contributed by atoms with van der Waals surface area (Å²) in [4.78, 5) is 1.18. The molecule has 0 saturated carbocycles. The van der Waals surface area contributed by atoms with E-state index in [2.05, 4.69) is 35.8 Å². The van der Waals surface area contributed by atoms with Crippen LogP contribution in [0.25, 0.3) is 0 Å². The van der Waals surface area contributed by atoms with Crippen LogP contribution in [0.4, 0.5) is 0 Å². The first-order valence-corrected chi connectivity index (χ1v) is 6.40. The third-order valence-electron chi connectivity index (χ3n) is 2.10. The summed E-state index contributed by atoms with van der Waals surface area (Å²) in [6.07, 6.45) is 1.14. The van der Waals surface area contributed by atoms with E-state index in [4.69, 9.17) is 5.11 Å². The van der Waals surface area contributed by atoms with Gasteiger partial charge in [-0.3, -0.25) is 0 Å². The van der Waals surface area contributed by atoms with Crippen LogP contribution in [0.3, 0.4) is 0 Å². The van der Waals surface area contributed by atoms with Crippen molar-refractivity contribution in [3.8, 4) is 0 Å². The second-order valence-electron chi connectivity index (χ2n) is 3.25. The zero-order valence-electron chi connectivity index (χ0n) is 8.46. The second-order valence-corrected chi connectivity index (χ2v) is 5.64. The smallest absolute Gasteiger partial charge is 0.0692 e. The average molecular weight is 275 g/mol. The first-order chi connectivity index (χ1) is 6.67. The summed E-state index contributed by atoms with van der Waals surface area (Å²) in [6.45, 7) is 4.49. The molecule has 3 heteroatoms. The number of hydrogen-bond donors (Lipinski definition) is 1. The van der Waals surface area contributed by atoms with Gasteiger partial charge in [0, 0.05) is 14.6 Å². The molecule has 0 bridgehead atoms. The number of benzene rings is 1. The number of halogens is 1. The van der Waals surface area contributed by atoms with Crippen molar-refractivity contribution >= 4 is 27.7 Å². The Kier molecular flexibility index (Phi) is 4.99. The fourth-order valence-corrected chi connectivity index (χ4v) is 2.66. The first kappa shape index (κ1) is 12.1. The van der Waals surface area contributed by atoms with E-state index in [-0.39, 0.29) is 6.61 Å². The largest absolute Gasteiger partial charge is 0.392 e. The van der Waals surface area contributed by atoms with Gasteiger partial charge >= 0.3 is 0 Å². The molecular weight excluding hydrogens is 260 g/mol. The van der Waals surface area contributed by atoms with E-state index in [1.165, 1.54) is 4.90 Å². The molecular formula is C11H15BrOS. The van der Waals surface area contributed by atoms with E-state index in [1.54, 1.807) is 0 Å². The maximum atomic E-state index is 9.17. The minimum atomic E-state index is 0.117. The van der Waals surface area contributed by atoms with E-state index >= 15 is 0 Å². The SMILES string of the molecule is CCC(C)Sc1cc(Br)ccc1CO. The lowest BCUT2D eigenvalue weighted by Gasteiger charge is -2.11. The molecule has 1 aromatic carbocycles. The Bertz CT molecular complexity index is 301. The summed E-state index contributed by atoms with van der Waals surface area (Å²) in [6, 6.07) is 6.00. The van der Waals surface area contributed by atoms with Crippen LogP contribution in [-0.4, -0.2) is 10.4 Å². The lowest BCUT2D eigenvalue weighted by Crippen LogP contribution is -1.95. The maximum Gasteiger partial charge on any atom is 0.0692 e. The standard InChI is InChI=1S/C11H15BrOS/c1-3-8(2)14-11-6-10(12)5-4-9(11)7-13/h4-6,8,13H,3,7H2,1-2H3. The van der Waals surface area contributed by atoms with Crippen LogP contribution in [-0.2, 0) is 6.61 Å². The normalized spacial score (nSPS) is 12.9. The molecule has 0 aromatic heterocycles. The van der Waals surface area contributed by atoms with Crippen molar-refractivity contribution in [2.24, 2.45) is 0 Å². The van der Waals surface area contributed by atoms with Gasteiger partial charge in [-0.15, -0.1) is 11.8 Å². The van der Waals surface area contributed by atoms with Crippen LogP contribution in [0, 0.1) is 0 Å². The van der Waals surface area contributed by atoms with Gasteiger partial charge in [0.15, 0.2) is 0 Å². The predicted molar refractivity (Wildman–Crippen MR) is 65.7 cm³/mol. The molecule has 0 saturated heterocycles. The summed E-state index contributed by atoms with van der Waals surface area (Å²) >= 11 is 5.26. The highest BCUT2D eigenvalue weighted by molar-refractivity contribution is 9.10. The fraction of sp³-hybridized carbons (Fsp3) is 0.455. The van der Waals surface area contributed by atoms with Crippen LogP contribution >= 0.6 is 27.7 Å². The van der Waals surface area contributed by atoms with Crippen molar-refractivity contribution in [1.82, 2.24) is 0 Å². The zero-order valence-corrected chi connectivity index (χ0v) is 10.9. The zero-order chi connectivity index (χ0) is 10.6. The Hall–Kier alpha value is 0.01000. The van der Waals surface area contributed by atoms with Crippen molar-refractivity contribution in [1.29, 1.82) is 0 Å². The quantitative estimate of drug-likeness (QED) is 0.843. The fourth-order valence-electron chi connectivity index (χ4n) is 1.07. The Morgan fingerprint density at radius 2 is 2.21 bits per heavy atom. The average Bonchev–Trinajstić information content (AvgIpc) is 2.18. The highest BCUT2D eigenvalue weighted by Crippen LogP contribution is 2.30. The molecule has 0 aliphatic heterocycles. The van der Waals surface area contributed by atoms with E-state index < -0.39 is 0 Å². The van der Waals surface area contributed by atoms with E-state index in [0.717, 1.165) is 16.5 Å². The van der Waals surface area contributed by atoms with Crippen LogP contribution in [0.1, 0.15) is 25.8 Å². The van der Waals surface area contributed by atoms with Crippen molar-refractivity contribution in [2.45, 2.75) is 37.0 Å². The molecule has 0 radical (unpaired) electrons. The molecule has 78 valence electrons. The van der Waals surface area contributed by atoms with Gasteiger partial charge in [-0.2, -0.15) is 0 Å². The molecule has 0 aliphatic rings. The molecule has 1 nitrogen and oxygen atoms in total. The topological polar surface area (TPSA) is 20.2 Å². The third-order valence-corrected chi connectivity index (χ3v) is 3.97. The van der Waals surface area contributed by atoms with Crippen molar-refractivity contribution in [3.05, 3.63) is 28.2 Å². The Balaban J connectivity index is 2.87. The molecule has 0 amide bonds. The monoisotopic (exact) mass is 274 g/mol. The number of rotatable bonds is 4. The summed E-state index contributed by atoms with van der Waals surface area (Å²) in [5.74, 6) is 0. The van der Waals surface area contributed by atoms with Gasteiger partial charge < -0.3 is 5.11 Å². The minimum absolute atomic E-state index is 0.117. The second kappa shape index (κ2) is 5.79. The van der Waals surface area contributed by atoms with Gasteiger partial charge in [0.25, 0.3) is 0 Å². The van der Waals surface area contributed by atoms with Crippen LogP contribution in [0.2, 0.25) is 0 Å². The number of hydrogen-bond acceptors (Lipinski definition) is 2. The third kappa shape index (κ3) is 3.30. The molecule has 1 N–H and O–H groups in total. The molecule has 1 rings (SSSR count). The van der Waals surface area contributed by atoms with Gasteiger partial charge in [-0.25, -0.2) is 0 Å². The van der Waals surface area contributed by atoms with Crippen molar-refractivity contribution in [3.63, 3.8) is 0 Å². The molecule has 0 heterocycles. The Labute approximate surface area is 98.0 Å². The maximum absolute atomic E-state index is 9.17. The summed E-state index contributed by atoms with van der Waals surface area (Å²) in [5, 5.41) is 9.76. The van der Waals surface area contributed by atoms with Gasteiger partial charge in [-0.05, 0) is 24.1 Å². The lowest BCUT2D eigenvalue weighted by molar-refractivity contribution is 0.279. The lowest BCUT2D eigenvalue weighted by atomic mass is 10.2. The van der Waals surface area contributed by atoms with Crippen molar-refractivity contribution < 1.29 is 5.11 Å². The minimum Gasteiger partial charge on any atom is -0.392 e. The van der Waals surface area contributed by atoms with E-state index in [0.29, 0.717) is 5.25 Å². The van der Waals surface area contributed by atoms with Gasteiger partial charge in [0.1, 0.15) is 0 Å². The molecule has 1 atom stereocenters. The van der Waals surface area contributed by atoms with E-state index in [1.807, 2.05) is 23.9 Å². The molecule has 0 fully saturated rings. The van der Waals surface area contributed by atoms with Crippen molar-refractivity contribution in [2.75, 3.05) is 0 Å². The molecule has 14 heavy (non-hydrogen) atoms. The van der Waals surface area contributed by atoms with Crippen LogP contribution < -0.4 is 0 Å². The van der Waals surface area contributed by atoms with E-state index in [9.17, 15) is 0 Å². The Morgan fingerprint density at radius 1 is 1.50 bits per heavy atom. The molecule has 0 aliphatic carbocycles. The molecule has 0 spiro atoms. The Morgan fingerprint density at radius 3 is 2.79 bits per heavy atom. The van der Waals surface area contributed by atoms with Gasteiger partial charge in [-0.1, -0.05) is 35.8 Å². The first-order valence-electron chi connectivity index (χ1n) is 4.73. The summed E-state index contributed by atoms with van der Waals surface area (Å²) in [5.41, 5.74) is 1.01. The molecule has 1 aromatic rings. The summed E-state index contributed by atoms with van der Waals surface area (Å²) in [7, 11) is 0. The number of aliphatic hydroxyl groups is 1. The number of aliphatic hydroxyl groups excluding tert-OH is 1. The van der Waals surface area contributed by atoms with Crippen LogP contribution in [0.15, 0.2) is 27.6 Å². The summed E-state index contributed by atoms with van der Waals surface area (Å²) < 4.78 is 1.07. The molecule has 1 unspecified atom stereocenters. The van der Waals surface area contributed by atoms with Gasteiger partial charge in [0.05, 0.1) is 6.61 Å². The van der Waals surface area contributed by atoms with Gasteiger partial charge in [0.2, 0.25) is 0 Å². The highest BCUT2D eigenvalue weighted by atomic mass is 79.9. The van der Waals surface area contributed by atoms with Crippen LogP contribution in [0.5, 0.6) is 0 Å². The highest BCUT2D eigenvalue weighted by Gasteiger charge is 2.06. The predicted octanol–water partition coefficient (Wildman–Crippen LogP) is 3.83. The number of thioether (sulfide) groups is 1.